The Balaban J connectivity index is 0.00000484. The van der Waals surface area contributed by atoms with Crippen LogP contribution in [0.1, 0.15) is 55.4 Å². The fourth-order valence-corrected chi connectivity index (χ4v) is 17.8. The van der Waals surface area contributed by atoms with Crippen LogP contribution in [0.2, 0.25) is 0 Å². The second-order valence-electron chi connectivity index (χ2n) is 26.6. The van der Waals surface area contributed by atoms with Crippen molar-refractivity contribution in [3.05, 3.63) is 212 Å². The summed E-state index contributed by atoms with van der Waals surface area (Å²) in [4.78, 5) is 83.8. The van der Waals surface area contributed by atoms with Crippen LogP contribution in [0.3, 0.4) is 0 Å². The number of aromatic nitrogens is 4. The zero-order valence-corrected chi connectivity index (χ0v) is 65.7. The number of rotatable bonds is 28. The largest absolute Gasteiger partial charge is 0.493 e. The van der Waals surface area contributed by atoms with Crippen LogP contribution in [0.5, 0.6) is 23.0 Å². The maximum absolute atomic E-state index is 13.8. The monoisotopic (exact) mass is 1550 g/mol. The van der Waals surface area contributed by atoms with E-state index in [2.05, 4.69) is 87.8 Å². The second-order valence-corrected chi connectivity index (χ2v) is 30.7. The Morgan fingerprint density at radius 3 is 0.730 bits per heavy atom. The molecule has 0 radical (unpaired) electrons. The van der Waals surface area contributed by atoms with Crippen molar-refractivity contribution in [1.82, 2.24) is 19.9 Å². The lowest BCUT2D eigenvalue weighted by Crippen LogP contribution is -2.45. The Morgan fingerprint density at radius 2 is 0.523 bits per heavy atom. The quantitative estimate of drug-likeness (QED) is 0.0328. The van der Waals surface area contributed by atoms with Crippen LogP contribution in [0.15, 0.2) is 207 Å². The van der Waals surface area contributed by atoms with Crippen LogP contribution in [0.25, 0.3) is 127 Å². The lowest BCUT2D eigenvalue weighted by Gasteiger charge is -2.33. The van der Waals surface area contributed by atoms with Gasteiger partial charge in [0.05, 0.1) is 63.1 Å². The zero-order chi connectivity index (χ0) is 77.2. The molecule has 8 aromatic carbocycles. The Bertz CT molecular complexity index is 5680. The fourth-order valence-electron chi connectivity index (χ4n) is 13.8. The van der Waals surface area contributed by atoms with E-state index in [0.29, 0.717) is 110 Å². The van der Waals surface area contributed by atoms with Crippen LogP contribution >= 0.6 is 45.3 Å². The molecule has 0 saturated heterocycles. The minimum absolute atomic E-state index is 0.0305. The minimum Gasteiger partial charge on any atom is -0.493 e. The van der Waals surface area contributed by atoms with Crippen LogP contribution in [-0.2, 0) is 0 Å². The van der Waals surface area contributed by atoms with Gasteiger partial charge in [-0.25, -0.2) is 39.1 Å². The highest BCUT2D eigenvalue weighted by atomic mass is 32.1. The molecule has 0 amide bonds. The van der Waals surface area contributed by atoms with Gasteiger partial charge in [0, 0.05) is 121 Å². The van der Waals surface area contributed by atoms with E-state index in [4.69, 9.17) is 56.6 Å². The van der Waals surface area contributed by atoms with Gasteiger partial charge in [0.25, 0.3) is 0 Å². The van der Waals surface area contributed by atoms with E-state index in [1.807, 2.05) is 170 Å². The van der Waals surface area contributed by atoms with Crippen molar-refractivity contribution in [2.45, 2.75) is 55.4 Å². The first-order chi connectivity index (χ1) is 54.1. The van der Waals surface area contributed by atoms with Gasteiger partial charge in [-0.3, -0.25) is 0 Å². The number of fused-ring (bicyclic) bond motifs is 8. The number of thiazole rings is 4. The number of nitrogens with zero attached hydrogens (tertiary/aromatic N) is 8. The summed E-state index contributed by atoms with van der Waals surface area (Å²) >= 11 is 5.42. The molecule has 0 aliphatic rings. The summed E-state index contributed by atoms with van der Waals surface area (Å²) in [7, 11) is 0. The molecule has 0 aliphatic heterocycles. The number of hydrogen-bond donors (Lipinski definition) is 0. The van der Waals surface area contributed by atoms with Gasteiger partial charge in [0.2, 0.25) is 0 Å². The molecule has 0 saturated carbocycles. The Labute approximate surface area is 653 Å². The molecule has 0 unspecified atom stereocenters. The molecule has 8 aromatic heterocycles. The van der Waals surface area contributed by atoms with E-state index in [0.717, 1.165) is 115 Å². The van der Waals surface area contributed by atoms with Crippen molar-refractivity contribution in [3.63, 3.8) is 0 Å². The number of terminal acetylenes is 1. The molecule has 0 spiro atoms. The van der Waals surface area contributed by atoms with Crippen molar-refractivity contribution >= 4 is 153 Å². The average molecular weight is 1560 g/mol. The lowest BCUT2D eigenvalue weighted by molar-refractivity contribution is -0.00337. The van der Waals surface area contributed by atoms with Gasteiger partial charge in [0.1, 0.15) is 97.2 Å². The Morgan fingerprint density at radius 1 is 0.306 bits per heavy atom. The van der Waals surface area contributed by atoms with Gasteiger partial charge in [0.15, 0.2) is 0 Å². The van der Waals surface area contributed by atoms with Crippen molar-refractivity contribution in [2.24, 2.45) is 5.41 Å². The van der Waals surface area contributed by atoms with E-state index in [1.165, 1.54) is 45.3 Å². The van der Waals surface area contributed by atoms with Crippen molar-refractivity contribution in [2.75, 3.05) is 98.4 Å². The van der Waals surface area contributed by atoms with E-state index >= 15 is 0 Å². The van der Waals surface area contributed by atoms with Gasteiger partial charge in [-0.05, 0) is 201 Å². The third kappa shape index (κ3) is 15.2. The van der Waals surface area contributed by atoms with Crippen molar-refractivity contribution in [3.8, 4) is 78.1 Å². The second kappa shape index (κ2) is 32.0. The first-order valence-electron chi connectivity index (χ1n) is 36.9. The zero-order valence-electron chi connectivity index (χ0n) is 62.4. The molecular formula is C87H78N8O12S4. The highest BCUT2D eigenvalue weighted by molar-refractivity contribution is 7.22. The minimum atomic E-state index is -1.15. The summed E-state index contributed by atoms with van der Waals surface area (Å²) in [6.45, 7) is 23.1. The highest BCUT2D eigenvalue weighted by Gasteiger charge is 2.37. The summed E-state index contributed by atoms with van der Waals surface area (Å²) in [5.74, 6) is 2.02. The van der Waals surface area contributed by atoms with Crippen LogP contribution < -0.4 is 61.0 Å². The summed E-state index contributed by atoms with van der Waals surface area (Å²) in [6, 6.07) is 53.4. The van der Waals surface area contributed by atoms with Gasteiger partial charge in [-0.15, -0.1) is 58.2 Å². The molecule has 0 bridgehead atoms. The molecule has 16 aromatic rings. The first kappa shape index (κ1) is 74.6. The predicted octanol–water partition coefficient (Wildman–Crippen LogP) is 19.5. The number of anilines is 4. The summed E-state index contributed by atoms with van der Waals surface area (Å²) in [6.07, 6.45) is 8.00. The van der Waals surface area contributed by atoms with Gasteiger partial charge >= 0.3 is 22.5 Å². The van der Waals surface area contributed by atoms with Crippen LogP contribution in [0.4, 0.5) is 22.7 Å². The van der Waals surface area contributed by atoms with E-state index < -0.39 is 27.9 Å². The third-order valence-corrected chi connectivity index (χ3v) is 24.1. The maximum Gasteiger partial charge on any atom is 0.346 e. The molecule has 0 N–H and O–H groups in total. The molecule has 0 atom stereocenters. The summed E-state index contributed by atoms with van der Waals surface area (Å²) in [5.41, 5.74) is 6.81. The van der Waals surface area contributed by atoms with Gasteiger partial charge < -0.3 is 56.2 Å². The van der Waals surface area contributed by atoms with Crippen molar-refractivity contribution < 1.29 is 36.6 Å². The molecule has 562 valence electrons. The van der Waals surface area contributed by atoms with E-state index in [9.17, 15) is 19.2 Å². The van der Waals surface area contributed by atoms with Crippen LogP contribution in [0, 0.1) is 18.3 Å². The predicted molar refractivity (Wildman–Crippen MR) is 453 cm³/mol. The topological polar surface area (TPSA) is 222 Å². The van der Waals surface area contributed by atoms with Gasteiger partial charge in [-0.2, -0.15) is 0 Å². The van der Waals surface area contributed by atoms with Crippen LogP contribution in [-0.4, -0.2) is 98.7 Å². The number of benzene rings is 8. The van der Waals surface area contributed by atoms with E-state index in [-0.39, 0.29) is 26.4 Å². The molecule has 24 heteroatoms. The van der Waals surface area contributed by atoms with Crippen molar-refractivity contribution in [1.29, 1.82) is 0 Å². The van der Waals surface area contributed by atoms with Gasteiger partial charge in [-0.1, -0.05) is 0 Å². The molecule has 8 heterocycles. The molecule has 16 rings (SSSR count). The molecular weight excluding hydrogens is 1480 g/mol. The average Bonchev–Trinajstić information content (AvgIpc) is 1.74. The highest BCUT2D eigenvalue weighted by Crippen LogP contribution is 2.40. The summed E-state index contributed by atoms with van der Waals surface area (Å²) in [5, 5.41) is 5.12. The smallest absolute Gasteiger partial charge is 0.346 e. The van der Waals surface area contributed by atoms with E-state index in [1.54, 1.807) is 0 Å². The number of ether oxygens (including phenoxy) is 4. The molecule has 0 aliphatic carbocycles. The third-order valence-electron chi connectivity index (χ3n) is 19.9. The molecule has 0 fully saturated rings. The summed E-state index contributed by atoms with van der Waals surface area (Å²) < 4.78 is 54.9. The SMILES string of the molecule is C#C.CCN(CC)c1ccc2cc(-c3nc4ccc(OCC(COc5ccc6nc(-c7cc8ccc(N(CC)CC)cc8oc7=O)sc6c5)(COc5ccc6nc(-c7cc8ccc(N(CC)CC)cc8oc7=O)sc6c5)COc5ccc6nc(-c7cc8ccc(N(CC)CC)cc8oc7=O)sc6c5)cc4s3)c(=O)oc2c1. The fraction of sp³-hybridized carbons (Fsp3) is 0.241. The standard InChI is InChI=1S/C85H76N8O12S4.C2H2/c1-9-90(10-2)53-21-17-49-33-61(81(94)102-69(49)37-53)77-86-65-29-25-57(41-73(65)106-77)98-45-85(46-99-58-26-30-66-74(42-58)107-78(87-66)62-34-50-18-22-54(91(11-3)12-4)38-70(50)103-82(62)95,47-100-59-27-31-67-75(43-59)108-79(88-67)63-35-51-19-23-55(92(13-5)14-6)39-71(51)104-83(63)96)48-101-60-28-32-68-76(44-60)109-80(89-68)64-36-52-20-24-56(93(15-7)16-8)40-72(52)105-84(64)97;1-2/h17-44H,9-16,45-48H2,1-8H3;1-2H. The lowest BCUT2D eigenvalue weighted by atomic mass is 9.92. The molecule has 20 nitrogen and oxygen atoms in total. The normalized spacial score (nSPS) is 11.7. The number of hydrogen-bond acceptors (Lipinski definition) is 24. The molecule has 111 heavy (non-hydrogen) atoms. The Kier molecular flexibility index (Phi) is 21.5. The maximum atomic E-state index is 13.8. The first-order valence-corrected chi connectivity index (χ1v) is 40.2. The Hall–Kier alpha value is -11.9.